The first-order valence-corrected chi connectivity index (χ1v) is 13.3. The minimum atomic E-state index is -1.38. The molecule has 0 aromatic carbocycles. The van der Waals surface area contributed by atoms with Gasteiger partial charge in [-0.3, -0.25) is 0 Å². The Balaban J connectivity index is 1.84. The lowest BCUT2D eigenvalue weighted by molar-refractivity contribution is -0.230. The molecule has 2 aliphatic heterocycles. The van der Waals surface area contributed by atoms with Crippen molar-refractivity contribution in [3.63, 3.8) is 0 Å². The lowest BCUT2D eigenvalue weighted by Crippen LogP contribution is -2.58. The lowest BCUT2D eigenvalue weighted by atomic mass is 9.92. The molecule has 0 aliphatic carbocycles. The van der Waals surface area contributed by atoms with Gasteiger partial charge in [0.05, 0.1) is 24.9 Å². The molecule has 0 aromatic heterocycles. The van der Waals surface area contributed by atoms with Crippen LogP contribution in [0.3, 0.4) is 0 Å². The van der Waals surface area contributed by atoms with Crippen LogP contribution in [0.1, 0.15) is 65.2 Å². The Morgan fingerprint density at radius 1 is 0.667 bits per heavy atom. The summed E-state index contributed by atoms with van der Waals surface area (Å²) in [7, 11) is 0. The van der Waals surface area contributed by atoms with Gasteiger partial charge in [-0.25, -0.2) is 0 Å². The summed E-state index contributed by atoms with van der Waals surface area (Å²) in [5, 5.41) is 69.8. The normalized spacial score (nSPS) is 37.4. The molecular formula is C25H47NO10. The number of hydrogen-bond acceptors (Lipinski definition) is 11. The summed E-state index contributed by atoms with van der Waals surface area (Å²) in [6.45, 7) is 5.00. The number of ether oxygens (including phenoxy) is 2. The largest absolute Gasteiger partial charge is 0.394 e. The number of rotatable bonds is 15. The molecule has 0 aromatic rings. The van der Waals surface area contributed by atoms with Gasteiger partial charge in [0.25, 0.3) is 0 Å². The van der Waals surface area contributed by atoms with E-state index in [2.05, 4.69) is 4.90 Å². The summed E-state index contributed by atoms with van der Waals surface area (Å²) in [5.41, 5.74) is 0. The monoisotopic (exact) mass is 521 g/mol. The van der Waals surface area contributed by atoms with Gasteiger partial charge in [-0.1, -0.05) is 6.42 Å². The highest BCUT2D eigenvalue weighted by Crippen LogP contribution is 2.25. The predicted octanol–water partition coefficient (Wildman–Crippen LogP) is -1.29. The number of nitrogens with zero attached hydrogens (tertiary/aromatic N) is 1. The van der Waals surface area contributed by atoms with E-state index in [0.29, 0.717) is 45.2 Å². The first-order chi connectivity index (χ1) is 17.1. The van der Waals surface area contributed by atoms with E-state index in [1.807, 2.05) is 0 Å². The van der Waals surface area contributed by atoms with Crippen LogP contribution >= 0.6 is 0 Å². The van der Waals surface area contributed by atoms with Crippen LogP contribution in [0, 0.1) is 0 Å². The van der Waals surface area contributed by atoms with Gasteiger partial charge in [-0.2, -0.15) is 0 Å². The molecule has 11 nitrogen and oxygen atoms in total. The number of ketones is 1. The van der Waals surface area contributed by atoms with E-state index in [4.69, 9.17) is 9.47 Å². The zero-order valence-corrected chi connectivity index (χ0v) is 21.6. The Bertz CT molecular complexity index is 638. The zero-order chi connectivity index (χ0) is 26.8. The van der Waals surface area contributed by atoms with Crippen LogP contribution < -0.4 is 0 Å². The van der Waals surface area contributed by atoms with Gasteiger partial charge in [-0.15, -0.1) is 0 Å². The van der Waals surface area contributed by atoms with E-state index >= 15 is 0 Å². The van der Waals surface area contributed by atoms with Crippen molar-refractivity contribution >= 4 is 5.78 Å². The van der Waals surface area contributed by atoms with Crippen molar-refractivity contribution in [2.75, 3.05) is 26.2 Å². The SMILES string of the molecule is CC(=O)CCCCCN(CCC[C@@H]1O[C@@H](C)[C@@H](O)[C@H](O)[C@@H]1O)CCC[C@H]1O[C@H](CO)[C@@H](O)[C@H](O)[C@@H]1O. The number of aliphatic hydroxyl groups is 7. The molecule has 2 fully saturated rings. The minimum absolute atomic E-state index is 0.180. The molecule has 0 amide bonds. The molecule has 212 valence electrons. The third kappa shape index (κ3) is 9.23. The van der Waals surface area contributed by atoms with Gasteiger partial charge in [-0.05, 0) is 72.0 Å². The van der Waals surface area contributed by atoms with Crippen molar-refractivity contribution < 1.29 is 50.0 Å². The van der Waals surface area contributed by atoms with E-state index in [1.54, 1.807) is 13.8 Å². The summed E-state index contributed by atoms with van der Waals surface area (Å²) in [6.07, 6.45) is -4.68. The number of Topliss-reactive ketones (excluding diaryl/α,β-unsaturated/α-hetero) is 1. The molecule has 2 aliphatic rings. The average molecular weight is 522 g/mol. The number of hydrogen-bond donors (Lipinski definition) is 7. The highest BCUT2D eigenvalue weighted by atomic mass is 16.5. The maximum Gasteiger partial charge on any atom is 0.129 e. The average Bonchev–Trinajstić information content (AvgIpc) is 2.84. The molecule has 11 heteroatoms. The Labute approximate surface area is 213 Å². The molecule has 2 rings (SSSR count). The second kappa shape index (κ2) is 15.6. The Kier molecular flexibility index (Phi) is 13.7. The number of carbonyl (C=O) groups excluding carboxylic acids is 1. The summed E-state index contributed by atoms with van der Waals surface area (Å²) in [6, 6.07) is 0. The van der Waals surface area contributed by atoms with Crippen LogP contribution in [-0.4, -0.2) is 134 Å². The molecule has 0 spiro atoms. The van der Waals surface area contributed by atoms with Gasteiger partial charge in [0.15, 0.2) is 0 Å². The molecule has 0 radical (unpaired) electrons. The van der Waals surface area contributed by atoms with Crippen molar-refractivity contribution in [3.05, 3.63) is 0 Å². The molecule has 36 heavy (non-hydrogen) atoms. The van der Waals surface area contributed by atoms with E-state index in [1.165, 1.54) is 0 Å². The standard InChI is InChI=1S/C25H47NO10/c1-15(28)8-4-3-5-11-26(12-6-9-17-21(30)24(33)20(29)16(2)35-17)13-7-10-18-22(31)25(34)23(32)19(14-27)36-18/h16-25,27,29-34H,3-14H2,1-2H3/t16-,17-,18+,19+,20+,21+,22+,23+,24-,25+/m0/s1. The van der Waals surface area contributed by atoms with E-state index in [9.17, 15) is 40.5 Å². The molecule has 2 saturated heterocycles. The Hall–Kier alpha value is -0.730. The second-order valence-corrected chi connectivity index (χ2v) is 10.4. The van der Waals surface area contributed by atoms with Crippen molar-refractivity contribution in [2.45, 2.75) is 126 Å². The van der Waals surface area contributed by atoms with Gasteiger partial charge in [0.2, 0.25) is 0 Å². The highest BCUT2D eigenvalue weighted by molar-refractivity contribution is 5.75. The topological polar surface area (TPSA) is 180 Å². The Morgan fingerprint density at radius 2 is 1.17 bits per heavy atom. The maximum absolute atomic E-state index is 11.2. The molecular weight excluding hydrogens is 474 g/mol. The van der Waals surface area contributed by atoms with E-state index in [0.717, 1.165) is 25.8 Å². The van der Waals surface area contributed by atoms with Gasteiger partial charge < -0.3 is 54.9 Å². The zero-order valence-electron chi connectivity index (χ0n) is 21.6. The van der Waals surface area contributed by atoms with Crippen molar-refractivity contribution in [1.29, 1.82) is 0 Å². The summed E-state index contributed by atoms with van der Waals surface area (Å²) >= 11 is 0. The quantitative estimate of drug-likeness (QED) is 0.127. The second-order valence-electron chi connectivity index (χ2n) is 10.4. The molecule has 7 N–H and O–H groups in total. The molecule has 0 unspecified atom stereocenters. The first kappa shape index (κ1) is 31.5. The van der Waals surface area contributed by atoms with Crippen LogP contribution in [0.15, 0.2) is 0 Å². The van der Waals surface area contributed by atoms with Crippen LogP contribution in [0.5, 0.6) is 0 Å². The van der Waals surface area contributed by atoms with Gasteiger partial charge >= 0.3 is 0 Å². The van der Waals surface area contributed by atoms with Gasteiger partial charge in [0, 0.05) is 6.42 Å². The van der Waals surface area contributed by atoms with Crippen molar-refractivity contribution in [2.24, 2.45) is 0 Å². The summed E-state index contributed by atoms with van der Waals surface area (Å²) < 4.78 is 11.3. The molecule has 0 saturated carbocycles. The third-order valence-electron chi connectivity index (χ3n) is 7.37. The number of carbonyl (C=O) groups is 1. The molecule has 2 heterocycles. The smallest absolute Gasteiger partial charge is 0.129 e. The number of unbranched alkanes of at least 4 members (excludes halogenated alkanes) is 2. The lowest BCUT2D eigenvalue weighted by Gasteiger charge is -2.40. The third-order valence-corrected chi connectivity index (χ3v) is 7.37. The van der Waals surface area contributed by atoms with Crippen LogP contribution in [0.4, 0.5) is 0 Å². The minimum Gasteiger partial charge on any atom is -0.394 e. The number of aliphatic hydroxyl groups excluding tert-OH is 7. The fourth-order valence-corrected chi connectivity index (χ4v) is 5.05. The molecule has 0 bridgehead atoms. The van der Waals surface area contributed by atoms with Crippen LogP contribution in [0.2, 0.25) is 0 Å². The highest BCUT2D eigenvalue weighted by Gasteiger charge is 2.43. The fourth-order valence-electron chi connectivity index (χ4n) is 5.05. The van der Waals surface area contributed by atoms with Crippen molar-refractivity contribution in [1.82, 2.24) is 4.90 Å². The first-order valence-electron chi connectivity index (χ1n) is 13.3. The Morgan fingerprint density at radius 3 is 1.72 bits per heavy atom. The van der Waals surface area contributed by atoms with Gasteiger partial charge in [0.1, 0.15) is 48.5 Å². The van der Waals surface area contributed by atoms with E-state index < -0.39 is 67.6 Å². The van der Waals surface area contributed by atoms with E-state index in [-0.39, 0.29) is 5.78 Å². The van der Waals surface area contributed by atoms with Crippen molar-refractivity contribution in [3.8, 4) is 0 Å². The van der Waals surface area contributed by atoms with Crippen LogP contribution in [0.25, 0.3) is 0 Å². The molecule has 10 atom stereocenters. The fraction of sp³-hybridized carbons (Fsp3) is 0.960. The van der Waals surface area contributed by atoms with Crippen LogP contribution in [-0.2, 0) is 14.3 Å². The maximum atomic E-state index is 11.2. The summed E-state index contributed by atoms with van der Waals surface area (Å²) in [5.74, 6) is 0.180. The summed E-state index contributed by atoms with van der Waals surface area (Å²) in [4.78, 5) is 13.4. The predicted molar refractivity (Wildman–Crippen MR) is 130 cm³/mol.